The largest absolute Gasteiger partial charge is 0.265 e. The zero-order valence-corrected chi connectivity index (χ0v) is 9.69. The van der Waals surface area contributed by atoms with Gasteiger partial charge < -0.3 is 0 Å². The summed E-state index contributed by atoms with van der Waals surface area (Å²) in [5.74, 6) is 0. The van der Waals surface area contributed by atoms with E-state index in [-0.39, 0.29) is 0 Å². The number of aliphatic imine (C=N–C) groups is 1. The number of benzene rings is 1. The van der Waals surface area contributed by atoms with Crippen LogP contribution in [-0.2, 0) is 6.54 Å². The Morgan fingerprint density at radius 1 is 1.38 bits per heavy atom. The predicted octanol–water partition coefficient (Wildman–Crippen LogP) is 3.56. The Morgan fingerprint density at radius 2 is 2.25 bits per heavy atom. The molecule has 2 aromatic rings. The molecule has 0 amide bonds. The number of aryl methyl sites for hydroxylation is 1. The molecule has 0 fully saturated rings. The third-order valence-corrected chi connectivity index (χ3v) is 2.78. The Labute approximate surface area is 95.8 Å². The molecule has 0 aliphatic rings. The van der Waals surface area contributed by atoms with Gasteiger partial charge in [-0.05, 0) is 31.3 Å². The van der Waals surface area contributed by atoms with Crippen LogP contribution in [-0.4, -0.2) is 16.5 Å². The molecule has 1 aromatic heterocycles. The quantitative estimate of drug-likeness (QED) is 0.554. The fourth-order valence-electron chi connectivity index (χ4n) is 1.85. The molecule has 3 heteroatoms. The van der Waals surface area contributed by atoms with Gasteiger partial charge in [-0.3, -0.25) is 9.67 Å². The van der Waals surface area contributed by atoms with Crippen LogP contribution >= 0.6 is 0 Å². The van der Waals surface area contributed by atoms with Crippen molar-refractivity contribution in [2.75, 3.05) is 0 Å². The van der Waals surface area contributed by atoms with E-state index in [9.17, 15) is 0 Å². The summed E-state index contributed by atoms with van der Waals surface area (Å²) in [6.07, 6.45) is 5.58. The van der Waals surface area contributed by atoms with Crippen LogP contribution in [0.5, 0.6) is 0 Å². The summed E-state index contributed by atoms with van der Waals surface area (Å²) in [7, 11) is 0. The predicted molar refractivity (Wildman–Crippen MR) is 68.5 cm³/mol. The second-order valence-electron chi connectivity index (χ2n) is 3.98. The van der Waals surface area contributed by atoms with E-state index in [1.165, 1.54) is 24.6 Å². The van der Waals surface area contributed by atoms with Gasteiger partial charge in [-0.25, -0.2) is 0 Å². The smallest absolute Gasteiger partial charge is 0.0703 e. The summed E-state index contributed by atoms with van der Waals surface area (Å²) in [5, 5.41) is 5.57. The summed E-state index contributed by atoms with van der Waals surface area (Å²) in [4.78, 5) is 3.95. The molecule has 3 nitrogen and oxygen atoms in total. The molecule has 16 heavy (non-hydrogen) atoms. The van der Waals surface area contributed by atoms with Gasteiger partial charge in [-0.15, -0.1) is 0 Å². The zero-order valence-electron chi connectivity index (χ0n) is 9.69. The van der Waals surface area contributed by atoms with Gasteiger partial charge in [0.15, 0.2) is 0 Å². The molecule has 1 heterocycles. The fraction of sp³-hybridized carbons (Fsp3) is 0.385. The highest BCUT2D eigenvalue weighted by Crippen LogP contribution is 2.20. The van der Waals surface area contributed by atoms with Gasteiger partial charge in [0.1, 0.15) is 0 Å². The van der Waals surface area contributed by atoms with E-state index in [0.29, 0.717) is 0 Å². The summed E-state index contributed by atoms with van der Waals surface area (Å²) < 4.78 is 2.06. The molecule has 0 saturated carbocycles. The number of hydrogen-bond acceptors (Lipinski definition) is 2. The minimum Gasteiger partial charge on any atom is -0.265 e. The van der Waals surface area contributed by atoms with Crippen molar-refractivity contribution in [3.63, 3.8) is 0 Å². The van der Waals surface area contributed by atoms with E-state index < -0.39 is 0 Å². The van der Waals surface area contributed by atoms with Crippen LogP contribution in [0, 0.1) is 0 Å². The lowest BCUT2D eigenvalue weighted by Gasteiger charge is -2.03. The molecule has 0 aliphatic heterocycles. The maximum Gasteiger partial charge on any atom is 0.0703 e. The Hall–Kier alpha value is -1.64. The van der Waals surface area contributed by atoms with Crippen LogP contribution in [0.15, 0.2) is 29.4 Å². The topological polar surface area (TPSA) is 30.2 Å². The van der Waals surface area contributed by atoms with Gasteiger partial charge in [-0.2, -0.15) is 5.10 Å². The van der Waals surface area contributed by atoms with Crippen molar-refractivity contribution in [3.05, 3.63) is 24.4 Å². The van der Waals surface area contributed by atoms with E-state index >= 15 is 0 Å². The normalized spacial score (nSPS) is 10.8. The van der Waals surface area contributed by atoms with Crippen molar-refractivity contribution in [1.29, 1.82) is 0 Å². The van der Waals surface area contributed by atoms with Crippen molar-refractivity contribution in [2.24, 2.45) is 4.99 Å². The third-order valence-electron chi connectivity index (χ3n) is 2.78. The first-order valence-electron chi connectivity index (χ1n) is 5.77. The number of fused-ring (bicyclic) bond motifs is 1. The lowest BCUT2D eigenvalue weighted by atomic mass is 10.2. The van der Waals surface area contributed by atoms with Gasteiger partial charge in [0, 0.05) is 11.9 Å². The summed E-state index contributed by atoms with van der Waals surface area (Å²) in [6.45, 7) is 6.74. The Bertz CT molecular complexity index is 485. The Balaban J connectivity index is 2.27. The molecule has 0 unspecified atom stereocenters. The van der Waals surface area contributed by atoms with Crippen LogP contribution in [0.25, 0.3) is 10.9 Å². The number of aromatic nitrogens is 2. The first-order chi connectivity index (χ1) is 7.85. The standard InChI is InChI=1S/C13H17N3/c1-3-4-5-8-16-13-9-12(14-2)7-6-11(13)10-15-16/h6-7,9-10H,2-5,8H2,1H3. The summed E-state index contributed by atoms with van der Waals surface area (Å²) in [6, 6.07) is 6.05. The van der Waals surface area contributed by atoms with Crippen LogP contribution in [0.2, 0.25) is 0 Å². The Morgan fingerprint density at radius 3 is 3.00 bits per heavy atom. The lowest BCUT2D eigenvalue weighted by Crippen LogP contribution is -1.99. The highest BCUT2D eigenvalue weighted by Gasteiger charge is 2.02. The second-order valence-corrected chi connectivity index (χ2v) is 3.98. The van der Waals surface area contributed by atoms with Crippen molar-refractivity contribution < 1.29 is 0 Å². The summed E-state index contributed by atoms with van der Waals surface area (Å²) in [5.41, 5.74) is 2.06. The van der Waals surface area contributed by atoms with Crippen LogP contribution in [0.4, 0.5) is 5.69 Å². The van der Waals surface area contributed by atoms with Crippen LogP contribution in [0.1, 0.15) is 26.2 Å². The molecular formula is C13H17N3. The fourth-order valence-corrected chi connectivity index (χ4v) is 1.85. The van der Waals surface area contributed by atoms with Gasteiger partial charge in [-0.1, -0.05) is 19.8 Å². The maximum absolute atomic E-state index is 4.40. The molecule has 0 bridgehead atoms. The molecule has 0 saturated heterocycles. The van der Waals surface area contributed by atoms with E-state index in [0.717, 1.165) is 17.7 Å². The van der Waals surface area contributed by atoms with E-state index in [1.54, 1.807) is 0 Å². The van der Waals surface area contributed by atoms with E-state index in [2.05, 4.69) is 28.4 Å². The lowest BCUT2D eigenvalue weighted by molar-refractivity contribution is 0.567. The first-order valence-corrected chi connectivity index (χ1v) is 5.77. The molecule has 84 valence electrons. The summed E-state index contributed by atoms with van der Waals surface area (Å²) >= 11 is 0. The van der Waals surface area contributed by atoms with Crippen molar-refractivity contribution in [3.8, 4) is 0 Å². The third kappa shape index (κ3) is 2.13. The molecule has 0 atom stereocenters. The van der Waals surface area contributed by atoms with Gasteiger partial charge in [0.05, 0.1) is 17.4 Å². The molecule has 2 rings (SSSR count). The molecule has 1 aromatic carbocycles. The zero-order chi connectivity index (χ0) is 11.4. The average molecular weight is 215 g/mol. The SMILES string of the molecule is C=Nc1ccc2cnn(CCCCC)c2c1. The first kappa shape index (κ1) is 10.9. The minimum atomic E-state index is 0.907. The maximum atomic E-state index is 4.40. The van der Waals surface area contributed by atoms with Gasteiger partial charge in [0.25, 0.3) is 0 Å². The molecular weight excluding hydrogens is 198 g/mol. The van der Waals surface area contributed by atoms with E-state index in [1.807, 2.05) is 24.4 Å². The van der Waals surface area contributed by atoms with Gasteiger partial charge >= 0.3 is 0 Å². The number of hydrogen-bond donors (Lipinski definition) is 0. The van der Waals surface area contributed by atoms with Crippen molar-refractivity contribution >= 4 is 23.3 Å². The van der Waals surface area contributed by atoms with Crippen molar-refractivity contribution in [2.45, 2.75) is 32.7 Å². The highest BCUT2D eigenvalue weighted by molar-refractivity contribution is 5.81. The Kier molecular flexibility index (Phi) is 3.34. The molecule has 0 aliphatic carbocycles. The average Bonchev–Trinajstić information content (AvgIpc) is 2.72. The van der Waals surface area contributed by atoms with Gasteiger partial charge in [0.2, 0.25) is 0 Å². The molecule has 0 N–H and O–H groups in total. The monoisotopic (exact) mass is 215 g/mol. The number of rotatable bonds is 5. The van der Waals surface area contributed by atoms with Crippen molar-refractivity contribution in [1.82, 2.24) is 9.78 Å². The molecule has 0 spiro atoms. The van der Waals surface area contributed by atoms with E-state index in [4.69, 9.17) is 0 Å². The minimum absolute atomic E-state index is 0.907. The number of nitrogens with zero attached hydrogens (tertiary/aromatic N) is 3. The number of unbranched alkanes of at least 4 members (excludes halogenated alkanes) is 2. The van der Waals surface area contributed by atoms with Crippen LogP contribution < -0.4 is 0 Å². The highest BCUT2D eigenvalue weighted by atomic mass is 15.3. The van der Waals surface area contributed by atoms with Crippen LogP contribution in [0.3, 0.4) is 0 Å². The molecule has 0 radical (unpaired) electrons. The second kappa shape index (κ2) is 4.92.